The molecule has 0 aromatic carbocycles. The van der Waals surface area contributed by atoms with Crippen LogP contribution in [-0.2, 0) is 26.3 Å². The summed E-state index contributed by atoms with van der Waals surface area (Å²) in [6, 6.07) is 0. The van der Waals surface area contributed by atoms with Crippen molar-refractivity contribution < 1.29 is 22.5 Å². The summed E-state index contributed by atoms with van der Waals surface area (Å²) in [5, 5.41) is 3.83. The van der Waals surface area contributed by atoms with Crippen LogP contribution < -0.4 is 0 Å². The summed E-state index contributed by atoms with van der Waals surface area (Å²) >= 11 is 0. The standard InChI is InChI=1S/C15H22N4O5S/c1-5-11(6-2)14-16-13(17-24-14)9-19-8-12(15(20)23-7-3)10(4)18-25(19,21)22/h8,11H,5-7,9H2,1-4H3. The molecule has 1 aromatic heterocycles. The van der Waals surface area contributed by atoms with Crippen molar-refractivity contribution in [3.05, 3.63) is 23.5 Å². The average Bonchev–Trinajstić information content (AvgIpc) is 2.99. The van der Waals surface area contributed by atoms with Crippen LogP contribution in [-0.4, -0.2) is 41.2 Å². The zero-order valence-electron chi connectivity index (χ0n) is 14.7. The van der Waals surface area contributed by atoms with Gasteiger partial charge in [0, 0.05) is 12.1 Å². The molecule has 2 heterocycles. The first kappa shape index (κ1) is 19.1. The Morgan fingerprint density at radius 3 is 2.60 bits per heavy atom. The molecule has 9 nitrogen and oxygen atoms in total. The van der Waals surface area contributed by atoms with Gasteiger partial charge in [-0.05, 0) is 26.7 Å². The lowest BCUT2D eigenvalue weighted by molar-refractivity contribution is -0.137. The van der Waals surface area contributed by atoms with E-state index in [4.69, 9.17) is 9.26 Å². The van der Waals surface area contributed by atoms with Gasteiger partial charge in [-0.1, -0.05) is 19.0 Å². The van der Waals surface area contributed by atoms with Crippen molar-refractivity contribution in [2.24, 2.45) is 4.40 Å². The van der Waals surface area contributed by atoms with Crippen molar-refractivity contribution in [3.63, 3.8) is 0 Å². The Morgan fingerprint density at radius 2 is 2.00 bits per heavy atom. The number of hydrogen-bond donors (Lipinski definition) is 0. The molecule has 0 amide bonds. The van der Waals surface area contributed by atoms with Gasteiger partial charge >= 0.3 is 16.2 Å². The van der Waals surface area contributed by atoms with E-state index in [9.17, 15) is 13.2 Å². The second kappa shape index (κ2) is 7.77. The highest BCUT2D eigenvalue weighted by Crippen LogP contribution is 2.23. The number of ether oxygens (including phenoxy) is 1. The second-order valence-electron chi connectivity index (χ2n) is 5.53. The van der Waals surface area contributed by atoms with Crippen molar-refractivity contribution in [1.82, 2.24) is 14.4 Å². The van der Waals surface area contributed by atoms with E-state index < -0.39 is 16.2 Å². The maximum atomic E-state index is 12.2. The van der Waals surface area contributed by atoms with Gasteiger partial charge < -0.3 is 9.26 Å². The van der Waals surface area contributed by atoms with Crippen molar-refractivity contribution in [2.75, 3.05) is 6.61 Å². The molecule has 0 saturated heterocycles. The first-order chi connectivity index (χ1) is 11.8. The van der Waals surface area contributed by atoms with E-state index in [1.807, 2.05) is 13.8 Å². The summed E-state index contributed by atoms with van der Waals surface area (Å²) in [6.07, 6.45) is 2.88. The largest absolute Gasteiger partial charge is 0.462 e. The Bertz CT molecular complexity index is 793. The number of hydrogen-bond acceptors (Lipinski definition) is 7. The minimum absolute atomic E-state index is 0.0837. The zero-order valence-corrected chi connectivity index (χ0v) is 15.5. The van der Waals surface area contributed by atoms with Gasteiger partial charge in [-0.3, -0.25) is 4.31 Å². The van der Waals surface area contributed by atoms with Crippen LogP contribution in [0.1, 0.15) is 58.2 Å². The van der Waals surface area contributed by atoms with Gasteiger partial charge in [-0.15, -0.1) is 4.40 Å². The maximum absolute atomic E-state index is 12.2. The van der Waals surface area contributed by atoms with Crippen molar-refractivity contribution >= 4 is 21.9 Å². The Balaban J connectivity index is 2.26. The van der Waals surface area contributed by atoms with Crippen LogP contribution in [0.3, 0.4) is 0 Å². The Kier molecular flexibility index (Phi) is 5.93. The summed E-state index contributed by atoms with van der Waals surface area (Å²) in [7, 11) is -3.96. The van der Waals surface area contributed by atoms with E-state index in [2.05, 4.69) is 14.5 Å². The van der Waals surface area contributed by atoms with Crippen LogP contribution >= 0.6 is 0 Å². The van der Waals surface area contributed by atoms with Crippen molar-refractivity contribution in [3.8, 4) is 0 Å². The van der Waals surface area contributed by atoms with E-state index in [0.29, 0.717) is 5.89 Å². The van der Waals surface area contributed by atoms with Crippen LogP contribution in [0.4, 0.5) is 0 Å². The molecule has 0 saturated carbocycles. The Morgan fingerprint density at radius 1 is 1.32 bits per heavy atom. The smallest absolute Gasteiger partial charge is 0.344 e. The van der Waals surface area contributed by atoms with Crippen LogP contribution in [0.15, 0.2) is 20.7 Å². The number of nitrogens with zero attached hydrogens (tertiary/aromatic N) is 4. The molecule has 0 aliphatic carbocycles. The number of carbonyl (C=O) groups is 1. The Hall–Kier alpha value is -2.23. The third-order valence-electron chi connectivity index (χ3n) is 3.82. The van der Waals surface area contributed by atoms with Crippen LogP contribution in [0.2, 0.25) is 0 Å². The molecule has 1 aromatic rings. The van der Waals surface area contributed by atoms with E-state index in [-0.39, 0.29) is 36.2 Å². The fraction of sp³-hybridized carbons (Fsp3) is 0.600. The number of rotatable bonds is 7. The molecular formula is C15H22N4O5S. The maximum Gasteiger partial charge on any atom is 0.344 e. The van der Waals surface area contributed by atoms with Crippen LogP contribution in [0, 0.1) is 0 Å². The number of aromatic nitrogens is 2. The van der Waals surface area contributed by atoms with E-state index in [1.165, 1.54) is 13.1 Å². The summed E-state index contributed by atoms with van der Waals surface area (Å²) in [5.74, 6) is 0.183. The van der Waals surface area contributed by atoms with Gasteiger partial charge in [-0.2, -0.15) is 13.4 Å². The average molecular weight is 370 g/mol. The quantitative estimate of drug-likeness (QED) is 0.674. The highest BCUT2D eigenvalue weighted by molar-refractivity contribution is 7.88. The molecule has 0 atom stereocenters. The first-order valence-corrected chi connectivity index (χ1v) is 9.52. The van der Waals surface area contributed by atoms with Crippen molar-refractivity contribution in [2.45, 2.75) is 53.0 Å². The van der Waals surface area contributed by atoms with Gasteiger partial charge in [0.25, 0.3) is 0 Å². The zero-order chi connectivity index (χ0) is 18.6. The fourth-order valence-electron chi connectivity index (χ4n) is 2.39. The van der Waals surface area contributed by atoms with Crippen LogP contribution in [0.5, 0.6) is 0 Å². The molecular weight excluding hydrogens is 348 g/mol. The minimum Gasteiger partial charge on any atom is -0.462 e. The molecule has 0 bridgehead atoms. The van der Waals surface area contributed by atoms with E-state index in [1.54, 1.807) is 6.92 Å². The highest BCUT2D eigenvalue weighted by atomic mass is 32.2. The fourth-order valence-corrected chi connectivity index (χ4v) is 3.46. The topological polar surface area (TPSA) is 115 Å². The summed E-state index contributed by atoms with van der Waals surface area (Å²) in [5.41, 5.74) is 0.168. The normalized spacial score (nSPS) is 16.6. The summed E-state index contributed by atoms with van der Waals surface area (Å²) in [6.45, 7) is 7.14. The SMILES string of the molecule is CCOC(=O)C1=CN(Cc2noc(C(CC)CC)n2)S(=O)(=O)N=C1C. The number of esters is 1. The molecule has 0 radical (unpaired) electrons. The molecule has 0 spiro atoms. The third kappa shape index (κ3) is 4.25. The molecule has 0 unspecified atom stereocenters. The number of carbonyl (C=O) groups excluding carboxylic acids is 1. The molecule has 10 heteroatoms. The van der Waals surface area contributed by atoms with E-state index >= 15 is 0 Å². The van der Waals surface area contributed by atoms with Gasteiger partial charge in [0.15, 0.2) is 5.82 Å². The van der Waals surface area contributed by atoms with Gasteiger partial charge in [0.1, 0.15) is 0 Å². The first-order valence-electron chi connectivity index (χ1n) is 8.12. The van der Waals surface area contributed by atoms with Crippen LogP contribution in [0.25, 0.3) is 0 Å². The third-order valence-corrected chi connectivity index (χ3v) is 5.15. The lowest BCUT2D eigenvalue weighted by atomic mass is 10.0. The molecule has 0 N–H and O–H groups in total. The summed E-state index contributed by atoms with van der Waals surface area (Å²) in [4.78, 5) is 16.2. The second-order valence-corrected chi connectivity index (χ2v) is 7.07. The monoisotopic (exact) mass is 370 g/mol. The molecule has 25 heavy (non-hydrogen) atoms. The van der Waals surface area contributed by atoms with Crippen molar-refractivity contribution in [1.29, 1.82) is 0 Å². The summed E-state index contributed by atoms with van der Waals surface area (Å²) < 4.78 is 39.1. The minimum atomic E-state index is -3.96. The predicted octanol–water partition coefficient (Wildman–Crippen LogP) is 1.94. The Labute approximate surface area is 146 Å². The van der Waals surface area contributed by atoms with Gasteiger partial charge in [-0.25, -0.2) is 4.79 Å². The van der Waals surface area contributed by atoms with Gasteiger partial charge in [0.05, 0.1) is 24.4 Å². The lowest BCUT2D eigenvalue weighted by Gasteiger charge is -2.21. The molecule has 138 valence electrons. The van der Waals surface area contributed by atoms with Gasteiger partial charge in [0.2, 0.25) is 5.89 Å². The molecule has 0 fully saturated rings. The molecule has 1 aliphatic rings. The molecule has 2 rings (SSSR count). The highest BCUT2D eigenvalue weighted by Gasteiger charge is 2.30. The predicted molar refractivity (Wildman–Crippen MR) is 89.9 cm³/mol. The molecule has 1 aliphatic heterocycles. The van der Waals surface area contributed by atoms with E-state index in [0.717, 1.165) is 17.1 Å². The lowest BCUT2D eigenvalue weighted by Crippen LogP contribution is -2.32.